The molecule has 2 aliphatic rings. The molecule has 1 aromatic rings. The molecule has 8 heteroatoms. The van der Waals surface area contributed by atoms with Crippen LogP contribution in [0.15, 0.2) is 30.3 Å². The zero-order chi connectivity index (χ0) is 22.1. The standard InChI is InChI=1S/C23H34O8/c1-27-18(24)13-9-4-2-3-5-10-14-28-23-20(26)19(25)21-17(30-23)15-29-22(31-21)16-11-7-6-8-12-16/h6-8,11-12,17,19-23,25-26H,2-5,9-10,13-15H2,1H3/t17-,19-,20-,21+,22?,23-/m1/s1. The van der Waals surface area contributed by atoms with Crippen molar-refractivity contribution in [1.29, 1.82) is 0 Å². The molecule has 0 bridgehead atoms. The molecule has 1 aromatic carbocycles. The molecule has 2 heterocycles. The van der Waals surface area contributed by atoms with Crippen molar-refractivity contribution < 1.29 is 38.7 Å². The van der Waals surface area contributed by atoms with Crippen LogP contribution >= 0.6 is 0 Å². The highest BCUT2D eigenvalue weighted by atomic mass is 16.8. The molecule has 0 radical (unpaired) electrons. The van der Waals surface area contributed by atoms with E-state index in [4.69, 9.17) is 18.9 Å². The van der Waals surface area contributed by atoms with Gasteiger partial charge in [0.15, 0.2) is 12.6 Å². The minimum atomic E-state index is -1.19. The molecular weight excluding hydrogens is 404 g/mol. The maximum absolute atomic E-state index is 11.1. The zero-order valence-corrected chi connectivity index (χ0v) is 18.1. The van der Waals surface area contributed by atoms with Crippen molar-refractivity contribution in [2.45, 2.75) is 81.9 Å². The van der Waals surface area contributed by atoms with Crippen molar-refractivity contribution in [1.82, 2.24) is 0 Å². The molecule has 3 rings (SSSR count). The van der Waals surface area contributed by atoms with Gasteiger partial charge in [0.2, 0.25) is 0 Å². The first-order valence-electron chi connectivity index (χ1n) is 11.1. The second-order valence-corrected chi connectivity index (χ2v) is 8.02. The monoisotopic (exact) mass is 438 g/mol. The van der Waals surface area contributed by atoms with Gasteiger partial charge in [0, 0.05) is 18.6 Å². The predicted octanol–water partition coefficient (Wildman–Crippen LogP) is 2.47. The van der Waals surface area contributed by atoms with E-state index in [9.17, 15) is 15.0 Å². The minimum Gasteiger partial charge on any atom is -0.469 e. The summed E-state index contributed by atoms with van der Waals surface area (Å²) < 4.78 is 27.8. The Morgan fingerprint density at radius 1 is 1.00 bits per heavy atom. The van der Waals surface area contributed by atoms with Gasteiger partial charge in [-0.2, -0.15) is 0 Å². The number of rotatable bonds is 11. The summed E-state index contributed by atoms with van der Waals surface area (Å²) in [4.78, 5) is 11.1. The number of aliphatic hydroxyl groups is 2. The predicted molar refractivity (Wildman–Crippen MR) is 111 cm³/mol. The number of esters is 1. The van der Waals surface area contributed by atoms with Crippen LogP contribution in [-0.2, 0) is 28.5 Å². The van der Waals surface area contributed by atoms with E-state index < -0.39 is 37.0 Å². The number of hydrogen-bond acceptors (Lipinski definition) is 8. The Labute approximate surface area is 183 Å². The average Bonchev–Trinajstić information content (AvgIpc) is 2.81. The second-order valence-electron chi connectivity index (χ2n) is 8.02. The topological polar surface area (TPSA) is 104 Å². The van der Waals surface area contributed by atoms with Gasteiger partial charge in [-0.15, -0.1) is 0 Å². The van der Waals surface area contributed by atoms with Crippen molar-refractivity contribution in [3.05, 3.63) is 35.9 Å². The van der Waals surface area contributed by atoms with E-state index in [1.165, 1.54) is 7.11 Å². The summed E-state index contributed by atoms with van der Waals surface area (Å²) in [6.07, 6.45) is 1.25. The average molecular weight is 439 g/mol. The minimum absolute atomic E-state index is 0.159. The van der Waals surface area contributed by atoms with Gasteiger partial charge < -0.3 is 33.9 Å². The summed E-state index contributed by atoms with van der Waals surface area (Å²) in [5.41, 5.74) is 0.853. The van der Waals surface area contributed by atoms with Crippen molar-refractivity contribution in [2.24, 2.45) is 0 Å². The molecule has 2 N–H and O–H groups in total. The first kappa shape index (κ1) is 24.1. The molecule has 0 saturated carbocycles. The third-order valence-corrected chi connectivity index (χ3v) is 5.69. The molecule has 174 valence electrons. The van der Waals surface area contributed by atoms with Crippen LogP contribution in [0, 0.1) is 0 Å². The van der Waals surface area contributed by atoms with Crippen LogP contribution in [0.5, 0.6) is 0 Å². The summed E-state index contributed by atoms with van der Waals surface area (Å²) in [6, 6.07) is 9.47. The highest BCUT2D eigenvalue weighted by Crippen LogP contribution is 2.34. The number of unbranched alkanes of at least 4 members (excludes halogenated alkanes) is 5. The van der Waals surface area contributed by atoms with E-state index >= 15 is 0 Å². The van der Waals surface area contributed by atoms with Gasteiger partial charge >= 0.3 is 5.97 Å². The van der Waals surface area contributed by atoms with Crippen LogP contribution in [0.4, 0.5) is 0 Å². The van der Waals surface area contributed by atoms with Gasteiger partial charge in [-0.1, -0.05) is 56.0 Å². The number of ether oxygens (including phenoxy) is 5. The lowest BCUT2D eigenvalue weighted by Gasteiger charge is -2.46. The molecule has 2 aliphatic heterocycles. The fraction of sp³-hybridized carbons (Fsp3) is 0.696. The summed E-state index contributed by atoms with van der Waals surface area (Å²) in [5.74, 6) is -0.159. The summed E-state index contributed by atoms with van der Waals surface area (Å²) in [7, 11) is 1.41. The molecule has 2 saturated heterocycles. The van der Waals surface area contributed by atoms with Gasteiger partial charge in [0.05, 0.1) is 13.7 Å². The summed E-state index contributed by atoms with van der Waals surface area (Å²) in [5, 5.41) is 21.0. The Balaban J connectivity index is 1.33. The SMILES string of the molecule is COC(=O)CCCCCCCCO[C@@H]1O[C@@H]2COC(c3ccccc3)O[C@@H]2[C@H](O)[C@H]1O. The van der Waals surface area contributed by atoms with Crippen LogP contribution in [0.25, 0.3) is 0 Å². The van der Waals surface area contributed by atoms with Gasteiger partial charge in [0.1, 0.15) is 24.4 Å². The molecule has 6 atom stereocenters. The lowest BCUT2D eigenvalue weighted by Crippen LogP contribution is -2.62. The Kier molecular flexibility index (Phi) is 9.70. The molecule has 1 unspecified atom stereocenters. The number of aliphatic hydroxyl groups excluding tert-OH is 2. The Morgan fingerprint density at radius 3 is 2.45 bits per heavy atom. The van der Waals surface area contributed by atoms with Gasteiger partial charge in [0.25, 0.3) is 0 Å². The smallest absolute Gasteiger partial charge is 0.305 e. The lowest BCUT2D eigenvalue weighted by atomic mass is 9.98. The normalized spacial score (nSPS) is 30.5. The van der Waals surface area contributed by atoms with Crippen LogP contribution in [0.2, 0.25) is 0 Å². The van der Waals surface area contributed by atoms with E-state index in [0.717, 1.165) is 44.1 Å². The first-order valence-corrected chi connectivity index (χ1v) is 11.1. The largest absolute Gasteiger partial charge is 0.469 e. The Morgan fingerprint density at radius 2 is 1.71 bits per heavy atom. The fourth-order valence-electron chi connectivity index (χ4n) is 3.87. The van der Waals surface area contributed by atoms with Gasteiger partial charge in [-0.3, -0.25) is 4.79 Å². The van der Waals surface area contributed by atoms with Crippen LogP contribution in [0.1, 0.15) is 56.8 Å². The highest BCUT2D eigenvalue weighted by molar-refractivity contribution is 5.68. The van der Waals surface area contributed by atoms with Gasteiger partial charge in [-0.05, 0) is 12.8 Å². The molecule has 0 aliphatic carbocycles. The van der Waals surface area contributed by atoms with Crippen molar-refractivity contribution in [3.8, 4) is 0 Å². The van der Waals surface area contributed by atoms with Crippen LogP contribution < -0.4 is 0 Å². The number of carbonyl (C=O) groups is 1. The fourth-order valence-corrected chi connectivity index (χ4v) is 3.87. The van der Waals surface area contributed by atoms with Crippen LogP contribution in [-0.4, -0.2) is 67.2 Å². The molecular formula is C23H34O8. The van der Waals surface area contributed by atoms with E-state index in [-0.39, 0.29) is 12.6 Å². The molecule has 0 spiro atoms. The summed E-state index contributed by atoms with van der Waals surface area (Å²) >= 11 is 0. The van der Waals surface area contributed by atoms with Gasteiger partial charge in [-0.25, -0.2) is 0 Å². The molecule has 2 fully saturated rings. The Bertz CT molecular complexity index is 652. The Hall–Kier alpha value is -1.55. The van der Waals surface area contributed by atoms with E-state index in [2.05, 4.69) is 4.74 Å². The number of fused-ring (bicyclic) bond motifs is 1. The molecule has 8 nitrogen and oxygen atoms in total. The highest BCUT2D eigenvalue weighted by Gasteiger charge is 2.49. The third kappa shape index (κ3) is 6.97. The number of hydrogen-bond donors (Lipinski definition) is 2. The number of carbonyl (C=O) groups excluding carboxylic acids is 1. The maximum atomic E-state index is 11.1. The maximum Gasteiger partial charge on any atom is 0.305 e. The molecule has 31 heavy (non-hydrogen) atoms. The van der Waals surface area contributed by atoms with E-state index in [0.29, 0.717) is 13.0 Å². The lowest BCUT2D eigenvalue weighted by molar-refractivity contribution is -0.361. The second kappa shape index (κ2) is 12.5. The number of benzene rings is 1. The van der Waals surface area contributed by atoms with Crippen LogP contribution in [0.3, 0.4) is 0 Å². The van der Waals surface area contributed by atoms with Crippen molar-refractivity contribution in [3.63, 3.8) is 0 Å². The van der Waals surface area contributed by atoms with E-state index in [1.807, 2.05) is 30.3 Å². The quantitative estimate of drug-likeness (QED) is 0.401. The first-order chi connectivity index (χ1) is 15.1. The third-order valence-electron chi connectivity index (χ3n) is 5.69. The van der Waals surface area contributed by atoms with Crippen molar-refractivity contribution >= 4 is 5.97 Å². The number of methoxy groups -OCH3 is 1. The molecule has 0 amide bonds. The molecule has 0 aromatic heterocycles. The van der Waals surface area contributed by atoms with Crippen molar-refractivity contribution in [2.75, 3.05) is 20.3 Å². The summed E-state index contributed by atoms with van der Waals surface area (Å²) in [6.45, 7) is 0.682. The van der Waals surface area contributed by atoms with E-state index in [1.54, 1.807) is 0 Å². The zero-order valence-electron chi connectivity index (χ0n) is 18.1.